The maximum atomic E-state index is 13.5. The van der Waals surface area contributed by atoms with Crippen molar-refractivity contribution in [1.82, 2.24) is 19.1 Å². The molecule has 0 saturated carbocycles. The van der Waals surface area contributed by atoms with E-state index in [1.54, 1.807) is 25.3 Å². The van der Waals surface area contributed by atoms with Gasteiger partial charge in [0.25, 0.3) is 5.56 Å². The number of oxazole rings is 1. The lowest BCUT2D eigenvalue weighted by Gasteiger charge is -2.12. The molecule has 0 amide bonds. The lowest BCUT2D eigenvalue weighted by atomic mass is 10.0. The molecule has 0 bridgehead atoms. The Morgan fingerprint density at radius 3 is 2.38 bits per heavy atom. The van der Waals surface area contributed by atoms with Crippen molar-refractivity contribution in [3.8, 4) is 17.1 Å². The molecule has 170 valence electrons. The molecule has 0 N–H and O–H groups in total. The van der Waals surface area contributed by atoms with E-state index in [1.807, 2.05) is 42.5 Å². The Morgan fingerprint density at radius 2 is 1.68 bits per heavy atom. The van der Waals surface area contributed by atoms with E-state index in [-0.39, 0.29) is 6.54 Å². The van der Waals surface area contributed by atoms with E-state index in [0.29, 0.717) is 40.0 Å². The molecule has 0 aliphatic rings. The molecular weight excluding hydrogens is 428 g/mol. The van der Waals surface area contributed by atoms with Crippen LogP contribution in [0.15, 0.2) is 86.9 Å². The normalized spacial score (nSPS) is 11.4. The van der Waals surface area contributed by atoms with E-state index in [0.717, 1.165) is 5.56 Å². The number of aromatic nitrogens is 4. The van der Waals surface area contributed by atoms with Gasteiger partial charge in [0, 0.05) is 11.8 Å². The van der Waals surface area contributed by atoms with Crippen molar-refractivity contribution in [3.05, 3.63) is 111 Å². The fraction of sp³-hybridized carbons (Fsp3) is 0.185. The number of hydrogen-bond acceptors (Lipinski definition) is 5. The minimum Gasteiger partial charge on any atom is -0.441 e. The number of hydrogen-bond donors (Lipinski definition) is 0. The van der Waals surface area contributed by atoms with E-state index in [2.05, 4.69) is 35.9 Å². The van der Waals surface area contributed by atoms with Crippen LogP contribution < -0.4 is 11.2 Å². The van der Waals surface area contributed by atoms with Crippen LogP contribution in [0.1, 0.15) is 36.8 Å². The van der Waals surface area contributed by atoms with E-state index in [9.17, 15) is 9.59 Å². The maximum absolute atomic E-state index is 13.5. The quantitative estimate of drug-likeness (QED) is 0.387. The smallest absolute Gasteiger partial charge is 0.337 e. The molecule has 0 unspecified atom stereocenters. The van der Waals surface area contributed by atoms with Crippen LogP contribution in [0.2, 0.25) is 0 Å². The third kappa shape index (κ3) is 3.75. The molecule has 5 aromatic rings. The molecule has 5 rings (SSSR count). The molecule has 7 heteroatoms. The van der Waals surface area contributed by atoms with Crippen LogP contribution in [-0.2, 0) is 6.54 Å². The summed E-state index contributed by atoms with van der Waals surface area (Å²) in [5, 5.41) is 0.358. The first-order chi connectivity index (χ1) is 16.4. The maximum Gasteiger partial charge on any atom is 0.337 e. The molecule has 0 atom stereocenters. The van der Waals surface area contributed by atoms with Gasteiger partial charge >= 0.3 is 5.69 Å². The van der Waals surface area contributed by atoms with Crippen LogP contribution in [0.4, 0.5) is 0 Å². The van der Waals surface area contributed by atoms with Crippen molar-refractivity contribution in [2.24, 2.45) is 0 Å². The first-order valence-corrected chi connectivity index (χ1v) is 11.2. The lowest BCUT2D eigenvalue weighted by Crippen LogP contribution is -2.40. The SMILES string of the molecule is Cc1oc(-c2ccc(C(C)C)cc2)nc1Cn1c(=O)c2cccnc2n(-c2ccccc2)c1=O. The second-order valence-electron chi connectivity index (χ2n) is 8.52. The van der Waals surface area contributed by atoms with Crippen molar-refractivity contribution >= 4 is 11.0 Å². The zero-order chi connectivity index (χ0) is 23.8. The Bertz CT molecular complexity index is 1590. The van der Waals surface area contributed by atoms with Crippen molar-refractivity contribution < 1.29 is 4.42 Å². The van der Waals surface area contributed by atoms with Crippen molar-refractivity contribution in [3.63, 3.8) is 0 Å². The Morgan fingerprint density at radius 1 is 0.941 bits per heavy atom. The summed E-state index contributed by atoms with van der Waals surface area (Å²) in [5.74, 6) is 1.45. The second kappa shape index (κ2) is 8.59. The van der Waals surface area contributed by atoms with E-state index in [1.165, 1.54) is 14.7 Å². The molecule has 7 nitrogen and oxygen atoms in total. The van der Waals surface area contributed by atoms with Gasteiger partial charge < -0.3 is 4.42 Å². The predicted molar refractivity (Wildman–Crippen MR) is 131 cm³/mol. The van der Waals surface area contributed by atoms with Gasteiger partial charge in [0.1, 0.15) is 11.5 Å². The summed E-state index contributed by atoms with van der Waals surface area (Å²) in [5.41, 5.74) is 2.67. The summed E-state index contributed by atoms with van der Waals surface area (Å²) in [6.45, 7) is 6.06. The summed E-state index contributed by atoms with van der Waals surface area (Å²) in [7, 11) is 0. The van der Waals surface area contributed by atoms with Crippen LogP contribution in [0.5, 0.6) is 0 Å². The minimum atomic E-state index is -0.479. The topological polar surface area (TPSA) is 82.9 Å². The molecule has 3 aromatic heterocycles. The highest BCUT2D eigenvalue weighted by atomic mass is 16.4. The number of benzene rings is 2. The standard InChI is InChI=1S/C27H24N4O3/c1-17(2)19-11-13-20(14-12-19)25-29-23(18(3)34-25)16-30-26(32)22-10-7-15-28-24(22)31(27(30)33)21-8-5-4-6-9-21/h4-15,17H,16H2,1-3H3. The number of aryl methyl sites for hydroxylation is 1. The largest absolute Gasteiger partial charge is 0.441 e. The summed E-state index contributed by atoms with van der Waals surface area (Å²) >= 11 is 0. The van der Waals surface area contributed by atoms with Gasteiger partial charge in [-0.25, -0.2) is 19.3 Å². The fourth-order valence-electron chi connectivity index (χ4n) is 3.99. The van der Waals surface area contributed by atoms with E-state index < -0.39 is 11.2 Å². The van der Waals surface area contributed by atoms with Gasteiger partial charge in [-0.2, -0.15) is 0 Å². The molecule has 0 spiro atoms. The molecule has 0 fully saturated rings. The lowest BCUT2D eigenvalue weighted by molar-refractivity contribution is 0.536. The van der Waals surface area contributed by atoms with Crippen LogP contribution in [-0.4, -0.2) is 19.1 Å². The highest BCUT2D eigenvalue weighted by molar-refractivity contribution is 5.75. The molecule has 0 aliphatic heterocycles. The van der Waals surface area contributed by atoms with Gasteiger partial charge in [0.05, 0.1) is 17.6 Å². The molecule has 0 aliphatic carbocycles. The Balaban J connectivity index is 1.62. The second-order valence-corrected chi connectivity index (χ2v) is 8.52. The average molecular weight is 453 g/mol. The van der Waals surface area contributed by atoms with Crippen LogP contribution in [0.25, 0.3) is 28.2 Å². The molecule has 0 radical (unpaired) electrons. The van der Waals surface area contributed by atoms with Crippen LogP contribution in [0.3, 0.4) is 0 Å². The molecular formula is C27H24N4O3. The zero-order valence-corrected chi connectivity index (χ0v) is 19.2. The van der Waals surface area contributed by atoms with Gasteiger partial charge in [-0.05, 0) is 54.8 Å². The van der Waals surface area contributed by atoms with Crippen molar-refractivity contribution in [2.75, 3.05) is 0 Å². The van der Waals surface area contributed by atoms with E-state index in [4.69, 9.17) is 4.42 Å². The minimum absolute atomic E-state index is 0.00521. The van der Waals surface area contributed by atoms with Gasteiger partial charge in [0.15, 0.2) is 5.65 Å². The van der Waals surface area contributed by atoms with Crippen LogP contribution >= 0.6 is 0 Å². The number of rotatable bonds is 5. The van der Waals surface area contributed by atoms with Gasteiger partial charge in [0.2, 0.25) is 5.89 Å². The highest BCUT2D eigenvalue weighted by Gasteiger charge is 2.19. The first kappa shape index (κ1) is 21.6. The van der Waals surface area contributed by atoms with Crippen molar-refractivity contribution in [2.45, 2.75) is 33.2 Å². The van der Waals surface area contributed by atoms with Crippen LogP contribution in [0, 0.1) is 6.92 Å². The van der Waals surface area contributed by atoms with Gasteiger partial charge in [-0.3, -0.25) is 9.36 Å². The molecule has 0 saturated heterocycles. The van der Waals surface area contributed by atoms with Gasteiger partial charge in [-0.15, -0.1) is 0 Å². The van der Waals surface area contributed by atoms with E-state index >= 15 is 0 Å². The number of para-hydroxylation sites is 1. The van der Waals surface area contributed by atoms with Gasteiger partial charge in [-0.1, -0.05) is 44.2 Å². The Hall–Kier alpha value is -4.26. The number of pyridine rings is 1. The number of nitrogens with zero attached hydrogens (tertiary/aromatic N) is 4. The Kier molecular flexibility index (Phi) is 5.45. The summed E-state index contributed by atoms with van der Waals surface area (Å²) in [6, 6.07) is 20.6. The highest BCUT2D eigenvalue weighted by Crippen LogP contribution is 2.24. The first-order valence-electron chi connectivity index (χ1n) is 11.2. The molecule has 3 heterocycles. The summed E-state index contributed by atoms with van der Waals surface area (Å²) < 4.78 is 8.55. The Labute approximate surface area is 196 Å². The molecule has 34 heavy (non-hydrogen) atoms. The fourth-order valence-corrected chi connectivity index (χ4v) is 3.99. The third-order valence-electron chi connectivity index (χ3n) is 5.94. The molecule has 2 aromatic carbocycles. The summed E-state index contributed by atoms with van der Waals surface area (Å²) in [6.07, 6.45) is 1.57. The average Bonchev–Trinajstić information content (AvgIpc) is 3.22. The monoisotopic (exact) mass is 452 g/mol. The number of fused-ring (bicyclic) bond motifs is 1. The predicted octanol–water partition coefficient (Wildman–Crippen LogP) is 4.68. The third-order valence-corrected chi connectivity index (χ3v) is 5.94. The zero-order valence-electron chi connectivity index (χ0n) is 19.2. The summed E-state index contributed by atoms with van der Waals surface area (Å²) in [4.78, 5) is 35.8. The van der Waals surface area contributed by atoms with Crippen molar-refractivity contribution in [1.29, 1.82) is 0 Å².